The van der Waals surface area contributed by atoms with Gasteiger partial charge in [0.15, 0.2) is 5.82 Å². The number of hydrogen-bond acceptors (Lipinski definition) is 3. The fourth-order valence-corrected chi connectivity index (χ4v) is 4.54. The summed E-state index contributed by atoms with van der Waals surface area (Å²) in [6, 6.07) is 10.1. The average Bonchev–Trinajstić information content (AvgIpc) is 3.35. The number of halogens is 2. The van der Waals surface area contributed by atoms with Crippen LogP contribution in [0, 0.1) is 6.92 Å². The standard InChI is InChI=1S/C24H25F2N5/c1-16-13-19(14-18-5-3-4-6-22(18)30-12-9-17(2)29-30)28-23-21(16)15-27-31(23)20-7-10-24(25,26)11-8-20/h3-6,9,12,15,20H,1,7-8,10-11,13-14H2,2H3. The molecule has 0 spiro atoms. The van der Waals surface area contributed by atoms with E-state index >= 15 is 0 Å². The number of hydrogen-bond donors (Lipinski definition) is 0. The summed E-state index contributed by atoms with van der Waals surface area (Å²) >= 11 is 0. The Bertz CT molecular complexity index is 1160. The first-order chi connectivity index (χ1) is 14.9. The first kappa shape index (κ1) is 19.8. The molecule has 160 valence electrons. The summed E-state index contributed by atoms with van der Waals surface area (Å²) in [5.41, 5.74) is 6.01. The Kier molecular flexibility index (Phi) is 4.84. The van der Waals surface area contributed by atoms with Crippen LogP contribution in [0.5, 0.6) is 0 Å². The molecule has 3 heterocycles. The first-order valence-corrected chi connectivity index (χ1v) is 10.7. The summed E-state index contributed by atoms with van der Waals surface area (Å²) in [7, 11) is 0. The molecule has 31 heavy (non-hydrogen) atoms. The number of para-hydroxylation sites is 1. The molecule has 1 aliphatic carbocycles. The van der Waals surface area contributed by atoms with Crippen LogP contribution in [0.1, 0.15) is 55.0 Å². The first-order valence-electron chi connectivity index (χ1n) is 10.7. The highest BCUT2D eigenvalue weighted by molar-refractivity contribution is 6.01. The van der Waals surface area contributed by atoms with E-state index in [4.69, 9.17) is 4.99 Å². The fourth-order valence-electron chi connectivity index (χ4n) is 4.54. The Morgan fingerprint density at radius 3 is 2.68 bits per heavy atom. The number of benzene rings is 1. The van der Waals surface area contributed by atoms with Gasteiger partial charge in [0.2, 0.25) is 5.92 Å². The van der Waals surface area contributed by atoms with E-state index in [-0.39, 0.29) is 18.9 Å². The highest BCUT2D eigenvalue weighted by atomic mass is 19.3. The maximum absolute atomic E-state index is 13.6. The highest BCUT2D eigenvalue weighted by Gasteiger charge is 2.37. The van der Waals surface area contributed by atoms with Crippen LogP contribution in [0.4, 0.5) is 14.6 Å². The van der Waals surface area contributed by atoms with Crippen molar-refractivity contribution >= 4 is 17.1 Å². The maximum Gasteiger partial charge on any atom is 0.248 e. The molecule has 2 aliphatic rings. The second-order valence-electron chi connectivity index (χ2n) is 8.58. The van der Waals surface area contributed by atoms with Crippen molar-refractivity contribution in [2.75, 3.05) is 0 Å². The van der Waals surface area contributed by atoms with Gasteiger partial charge < -0.3 is 0 Å². The predicted octanol–water partition coefficient (Wildman–Crippen LogP) is 5.86. The molecule has 0 saturated heterocycles. The van der Waals surface area contributed by atoms with Gasteiger partial charge in [0.25, 0.3) is 0 Å². The molecule has 0 radical (unpaired) electrons. The van der Waals surface area contributed by atoms with Gasteiger partial charge in [-0.3, -0.25) is 0 Å². The number of aromatic nitrogens is 4. The van der Waals surface area contributed by atoms with Crippen molar-refractivity contribution in [2.45, 2.75) is 57.4 Å². The van der Waals surface area contributed by atoms with Gasteiger partial charge in [0.1, 0.15) is 0 Å². The molecule has 5 nitrogen and oxygen atoms in total. The van der Waals surface area contributed by atoms with E-state index in [9.17, 15) is 8.78 Å². The number of nitrogens with zero attached hydrogens (tertiary/aromatic N) is 5. The summed E-state index contributed by atoms with van der Waals surface area (Å²) in [4.78, 5) is 4.94. The van der Waals surface area contributed by atoms with Gasteiger partial charge in [-0.2, -0.15) is 10.2 Å². The van der Waals surface area contributed by atoms with Crippen molar-refractivity contribution in [2.24, 2.45) is 4.99 Å². The lowest BCUT2D eigenvalue weighted by molar-refractivity contribution is -0.0448. The fraction of sp³-hybridized carbons (Fsp3) is 0.375. The van der Waals surface area contributed by atoms with E-state index in [1.54, 1.807) is 6.20 Å². The molecule has 3 aromatic rings. The number of fused-ring (bicyclic) bond motifs is 1. The lowest BCUT2D eigenvalue weighted by Gasteiger charge is -2.29. The molecule has 2 aromatic heterocycles. The second-order valence-corrected chi connectivity index (χ2v) is 8.58. The average molecular weight is 421 g/mol. The summed E-state index contributed by atoms with van der Waals surface area (Å²) in [6.07, 6.45) is 5.73. The zero-order valence-corrected chi connectivity index (χ0v) is 17.6. The van der Waals surface area contributed by atoms with Gasteiger partial charge in [0.05, 0.1) is 23.6 Å². The predicted molar refractivity (Wildman–Crippen MR) is 117 cm³/mol. The Hall–Kier alpha value is -3.09. The molecule has 1 saturated carbocycles. The molecule has 1 aliphatic heterocycles. The largest absolute Gasteiger partial charge is 0.248 e. The van der Waals surface area contributed by atoms with E-state index in [1.165, 1.54) is 0 Å². The van der Waals surface area contributed by atoms with Gasteiger partial charge in [-0.15, -0.1) is 0 Å². The smallest absolute Gasteiger partial charge is 0.244 e. The second kappa shape index (κ2) is 7.55. The Labute approximate surface area is 180 Å². The lowest BCUT2D eigenvalue weighted by atomic mass is 9.92. The molecule has 1 fully saturated rings. The maximum atomic E-state index is 13.6. The topological polar surface area (TPSA) is 48.0 Å². The van der Waals surface area contributed by atoms with Crippen molar-refractivity contribution in [3.63, 3.8) is 0 Å². The van der Waals surface area contributed by atoms with Crippen LogP contribution in [-0.4, -0.2) is 31.2 Å². The molecule has 0 N–H and O–H groups in total. The van der Waals surface area contributed by atoms with Gasteiger partial charge in [-0.25, -0.2) is 23.1 Å². The van der Waals surface area contributed by atoms with Crippen LogP contribution in [0.2, 0.25) is 0 Å². The minimum absolute atomic E-state index is 0.0430. The summed E-state index contributed by atoms with van der Waals surface area (Å²) < 4.78 is 31.0. The lowest BCUT2D eigenvalue weighted by Crippen LogP contribution is -2.26. The molecule has 0 bridgehead atoms. The number of alkyl halides is 2. The molecule has 0 atom stereocenters. The van der Waals surface area contributed by atoms with Gasteiger partial charge in [-0.05, 0) is 43.0 Å². The normalized spacial score (nSPS) is 18.7. The number of allylic oxidation sites excluding steroid dienone is 1. The van der Waals surface area contributed by atoms with Crippen LogP contribution in [0.15, 0.2) is 54.3 Å². The van der Waals surface area contributed by atoms with E-state index in [0.717, 1.165) is 39.6 Å². The molecule has 1 aromatic carbocycles. The third kappa shape index (κ3) is 3.84. The SMILES string of the molecule is C=C1CC(Cc2ccccc2-n2ccc(C)n2)=Nc2c1cnn2C1CCC(F)(F)CC1. The van der Waals surface area contributed by atoms with Crippen LogP contribution < -0.4 is 0 Å². The minimum Gasteiger partial charge on any atom is -0.244 e. The molecule has 0 unspecified atom stereocenters. The van der Waals surface area contributed by atoms with E-state index in [1.807, 2.05) is 40.7 Å². The quantitative estimate of drug-likeness (QED) is 0.530. The van der Waals surface area contributed by atoms with Crippen molar-refractivity contribution in [3.8, 4) is 5.69 Å². The molecule has 5 rings (SSSR count). The van der Waals surface area contributed by atoms with Gasteiger partial charge in [0, 0.05) is 43.2 Å². The van der Waals surface area contributed by atoms with E-state index in [2.05, 4.69) is 28.9 Å². The van der Waals surface area contributed by atoms with Crippen LogP contribution >= 0.6 is 0 Å². The van der Waals surface area contributed by atoms with Gasteiger partial charge in [-0.1, -0.05) is 24.8 Å². The zero-order valence-electron chi connectivity index (χ0n) is 17.6. The highest BCUT2D eigenvalue weighted by Crippen LogP contribution is 2.42. The van der Waals surface area contributed by atoms with E-state index in [0.29, 0.717) is 25.7 Å². The summed E-state index contributed by atoms with van der Waals surface area (Å²) in [6.45, 7) is 6.21. The van der Waals surface area contributed by atoms with Crippen LogP contribution in [0.3, 0.4) is 0 Å². The summed E-state index contributed by atoms with van der Waals surface area (Å²) in [5, 5.41) is 9.07. The molecular weight excluding hydrogens is 396 g/mol. The minimum atomic E-state index is -2.56. The van der Waals surface area contributed by atoms with Crippen molar-refractivity contribution < 1.29 is 8.78 Å². The Morgan fingerprint density at radius 1 is 1.16 bits per heavy atom. The molecule has 0 amide bonds. The Balaban J connectivity index is 1.45. The van der Waals surface area contributed by atoms with Crippen LogP contribution in [-0.2, 0) is 6.42 Å². The molecule has 7 heteroatoms. The number of aryl methyl sites for hydroxylation is 1. The molecular formula is C24H25F2N5. The third-order valence-electron chi connectivity index (χ3n) is 6.22. The van der Waals surface area contributed by atoms with Crippen molar-refractivity contribution in [1.82, 2.24) is 19.6 Å². The monoisotopic (exact) mass is 421 g/mol. The van der Waals surface area contributed by atoms with Crippen molar-refractivity contribution in [3.05, 3.63) is 66.1 Å². The van der Waals surface area contributed by atoms with E-state index < -0.39 is 5.92 Å². The summed E-state index contributed by atoms with van der Waals surface area (Å²) in [5.74, 6) is -1.80. The zero-order chi connectivity index (χ0) is 21.6. The van der Waals surface area contributed by atoms with Gasteiger partial charge >= 0.3 is 0 Å². The Morgan fingerprint density at radius 2 is 1.94 bits per heavy atom. The van der Waals surface area contributed by atoms with Crippen molar-refractivity contribution in [1.29, 1.82) is 0 Å². The number of rotatable bonds is 4. The number of aliphatic imine (C=N–C) groups is 1. The van der Waals surface area contributed by atoms with Crippen LogP contribution in [0.25, 0.3) is 11.3 Å². The third-order valence-corrected chi connectivity index (χ3v) is 6.22.